The Bertz CT molecular complexity index is 1700. The zero-order valence-corrected chi connectivity index (χ0v) is 21.7. The number of anilines is 1. The lowest BCUT2D eigenvalue weighted by atomic mass is 10.1. The summed E-state index contributed by atoms with van der Waals surface area (Å²) in [6.45, 7) is -0.341. The summed E-state index contributed by atoms with van der Waals surface area (Å²) in [4.78, 5) is 18.7. The Labute approximate surface area is 230 Å². The normalized spacial score (nSPS) is 15.4. The average molecular weight is 595 g/mol. The van der Waals surface area contributed by atoms with Crippen LogP contribution in [0.25, 0.3) is 22.8 Å². The molecule has 3 heterocycles. The molecule has 5 rings (SSSR count). The number of benzene rings is 2. The Balaban J connectivity index is 1.57. The van der Waals surface area contributed by atoms with Crippen molar-refractivity contribution in [2.75, 3.05) is 10.8 Å². The maximum atomic E-state index is 13.7. The van der Waals surface area contributed by atoms with E-state index in [1.165, 1.54) is 30.6 Å². The summed E-state index contributed by atoms with van der Waals surface area (Å²) in [6.07, 6.45) is -3.10. The topological polar surface area (TPSA) is 136 Å². The van der Waals surface area contributed by atoms with Crippen molar-refractivity contribution in [3.05, 3.63) is 71.5 Å². The van der Waals surface area contributed by atoms with Gasteiger partial charge in [0.15, 0.2) is 0 Å². The Morgan fingerprint density at radius 2 is 1.98 bits per heavy atom. The van der Waals surface area contributed by atoms with E-state index in [-0.39, 0.29) is 47.6 Å². The van der Waals surface area contributed by atoms with E-state index in [1.807, 2.05) is 0 Å². The number of sulfonamides is 1. The Kier molecular flexibility index (Phi) is 7.14. The van der Waals surface area contributed by atoms with Gasteiger partial charge in [0.1, 0.15) is 11.9 Å². The molecule has 15 heteroatoms. The van der Waals surface area contributed by atoms with Crippen LogP contribution >= 0.6 is 11.6 Å². The molecule has 208 valence electrons. The number of carboxylic acid groups (broad SMARTS) is 1. The van der Waals surface area contributed by atoms with Gasteiger partial charge in [-0.3, -0.25) is 14.1 Å². The van der Waals surface area contributed by atoms with Gasteiger partial charge in [0, 0.05) is 24.4 Å². The van der Waals surface area contributed by atoms with E-state index in [4.69, 9.17) is 26.0 Å². The van der Waals surface area contributed by atoms with Crippen LogP contribution in [0.3, 0.4) is 0 Å². The number of carboxylic acids is 1. The molecule has 0 saturated heterocycles. The maximum absolute atomic E-state index is 13.7. The van der Waals surface area contributed by atoms with Gasteiger partial charge >= 0.3 is 12.1 Å². The third-order valence-corrected chi connectivity index (χ3v) is 8.08. The first-order chi connectivity index (χ1) is 18.9. The van der Waals surface area contributed by atoms with Gasteiger partial charge in [-0.15, -0.1) is 0 Å². The van der Waals surface area contributed by atoms with E-state index in [2.05, 4.69) is 15.1 Å². The summed E-state index contributed by atoms with van der Waals surface area (Å²) in [6, 6.07) is 9.32. The number of alkyl halides is 3. The van der Waals surface area contributed by atoms with Gasteiger partial charge in [-0.25, -0.2) is 8.42 Å². The highest BCUT2D eigenvalue weighted by Crippen LogP contribution is 2.41. The van der Waals surface area contributed by atoms with Gasteiger partial charge < -0.3 is 14.4 Å². The number of halogens is 4. The minimum Gasteiger partial charge on any atom is -0.486 e. The smallest absolute Gasteiger partial charge is 0.416 e. The van der Waals surface area contributed by atoms with E-state index < -0.39 is 38.7 Å². The number of hydrogen-bond acceptors (Lipinski definition) is 8. The lowest BCUT2D eigenvalue weighted by Crippen LogP contribution is -2.43. The molecule has 2 aromatic carbocycles. The molecule has 1 aliphatic heterocycles. The molecule has 1 N–H and O–H groups in total. The molecule has 0 radical (unpaired) electrons. The molecule has 0 saturated carbocycles. The van der Waals surface area contributed by atoms with Crippen LogP contribution < -0.4 is 9.04 Å². The molecule has 4 aromatic rings. The summed E-state index contributed by atoms with van der Waals surface area (Å²) in [7, 11) is -4.55. The number of pyridine rings is 1. The number of hydrogen-bond donors (Lipinski definition) is 1. The largest absolute Gasteiger partial charge is 0.486 e. The van der Waals surface area contributed by atoms with Crippen molar-refractivity contribution in [1.29, 1.82) is 0 Å². The van der Waals surface area contributed by atoms with Crippen molar-refractivity contribution in [1.82, 2.24) is 15.1 Å². The van der Waals surface area contributed by atoms with Gasteiger partial charge in [0.05, 0.1) is 33.3 Å². The van der Waals surface area contributed by atoms with Crippen molar-refractivity contribution >= 4 is 33.3 Å². The lowest BCUT2D eigenvalue weighted by Gasteiger charge is -2.35. The number of carbonyl (C=O) groups is 1. The number of nitrogens with zero attached hydrogens (tertiary/aromatic N) is 4. The minimum atomic E-state index is -4.76. The van der Waals surface area contributed by atoms with Crippen LogP contribution in [0.4, 0.5) is 18.9 Å². The second kappa shape index (κ2) is 10.4. The molecule has 0 amide bonds. The van der Waals surface area contributed by atoms with Crippen LogP contribution in [0, 0.1) is 0 Å². The fraction of sp³-hybridized carbons (Fsp3) is 0.200. The van der Waals surface area contributed by atoms with E-state index in [0.29, 0.717) is 17.2 Å². The van der Waals surface area contributed by atoms with Gasteiger partial charge in [-0.2, -0.15) is 18.2 Å². The third kappa shape index (κ3) is 5.45. The molecule has 1 atom stereocenters. The monoisotopic (exact) mass is 594 g/mol. The fourth-order valence-corrected chi connectivity index (χ4v) is 5.82. The first kappa shape index (κ1) is 27.4. The van der Waals surface area contributed by atoms with E-state index >= 15 is 0 Å². The Hall–Kier alpha value is -4.17. The fourth-order valence-electron chi connectivity index (χ4n) is 4.07. The zero-order valence-electron chi connectivity index (χ0n) is 20.2. The summed E-state index contributed by atoms with van der Waals surface area (Å²) < 4.78 is 79.5. The highest BCUT2D eigenvalue weighted by molar-refractivity contribution is 7.92. The molecular formula is C25H18ClF3N4O6S. The average Bonchev–Trinajstić information content (AvgIpc) is 3.41. The summed E-state index contributed by atoms with van der Waals surface area (Å²) >= 11 is 6.15. The lowest BCUT2D eigenvalue weighted by molar-refractivity contribution is -0.138. The second-order valence-electron chi connectivity index (χ2n) is 8.70. The summed E-state index contributed by atoms with van der Waals surface area (Å²) in [5.74, 6) is -0.866. The highest BCUT2D eigenvalue weighted by atomic mass is 35.5. The molecule has 10 nitrogen and oxygen atoms in total. The van der Waals surface area contributed by atoms with Gasteiger partial charge in [0.25, 0.3) is 15.9 Å². The van der Waals surface area contributed by atoms with Crippen LogP contribution in [0.2, 0.25) is 5.02 Å². The van der Waals surface area contributed by atoms with E-state index in [9.17, 15) is 26.4 Å². The maximum Gasteiger partial charge on any atom is 0.416 e. The first-order valence-electron chi connectivity index (χ1n) is 11.6. The molecule has 0 spiro atoms. The van der Waals surface area contributed by atoms with Crippen LogP contribution in [0.15, 0.2) is 70.3 Å². The minimum absolute atomic E-state index is 0.00906. The third-order valence-electron chi connectivity index (χ3n) is 6.01. The number of fused-ring (bicyclic) bond motifs is 1. The van der Waals surface area contributed by atoms with E-state index in [1.54, 1.807) is 6.07 Å². The summed E-state index contributed by atoms with van der Waals surface area (Å²) in [5.41, 5.74) is -0.385. The number of ether oxygens (including phenoxy) is 1. The van der Waals surface area contributed by atoms with Gasteiger partial charge in [-0.05, 0) is 48.9 Å². The van der Waals surface area contributed by atoms with Crippen LogP contribution in [0.5, 0.6) is 5.75 Å². The molecule has 0 bridgehead atoms. The predicted octanol–water partition coefficient (Wildman–Crippen LogP) is 5.29. The molecule has 0 aliphatic carbocycles. The van der Waals surface area contributed by atoms with Crippen molar-refractivity contribution in [2.45, 2.75) is 30.0 Å². The number of aliphatic carboxylic acids is 1. The highest BCUT2D eigenvalue weighted by Gasteiger charge is 2.37. The van der Waals surface area contributed by atoms with Crippen molar-refractivity contribution < 1.29 is 40.8 Å². The second-order valence-corrected chi connectivity index (χ2v) is 11.0. The molecule has 40 heavy (non-hydrogen) atoms. The van der Waals surface area contributed by atoms with Crippen LogP contribution in [0.1, 0.15) is 18.4 Å². The van der Waals surface area contributed by atoms with Crippen molar-refractivity contribution in [2.24, 2.45) is 0 Å². The van der Waals surface area contributed by atoms with Crippen molar-refractivity contribution in [3.63, 3.8) is 0 Å². The Morgan fingerprint density at radius 3 is 2.70 bits per heavy atom. The zero-order chi connectivity index (χ0) is 28.7. The first-order valence-corrected chi connectivity index (χ1v) is 13.4. The van der Waals surface area contributed by atoms with Gasteiger partial charge in [-0.1, -0.05) is 22.8 Å². The Morgan fingerprint density at radius 1 is 1.18 bits per heavy atom. The van der Waals surface area contributed by atoms with Gasteiger partial charge in [0.2, 0.25) is 5.82 Å². The summed E-state index contributed by atoms with van der Waals surface area (Å²) in [5, 5.41) is 13.3. The predicted molar refractivity (Wildman–Crippen MR) is 135 cm³/mol. The standard InChI is InChI=1S/C25H18ClF3N4O6S/c26-19-12-30-9-8-18(19)24-31-23(32-39-24)14-4-6-21-20(10-14)33(13-16(38-21)5-7-22(34)35)40(36,37)17-3-1-2-15(11-17)25(27,28)29/h1-4,6,8-12,16H,5,7,13H2,(H,34,35). The number of aromatic nitrogens is 3. The molecular weight excluding hydrogens is 577 g/mol. The van der Waals surface area contributed by atoms with Crippen molar-refractivity contribution in [3.8, 4) is 28.6 Å². The van der Waals surface area contributed by atoms with E-state index in [0.717, 1.165) is 22.5 Å². The SMILES string of the molecule is O=C(O)CCC1CN(S(=O)(=O)c2cccc(C(F)(F)F)c2)c2cc(-c3noc(-c4ccncc4Cl)n3)ccc2O1. The quantitative estimate of drug-likeness (QED) is 0.302. The van der Waals surface area contributed by atoms with Crippen LogP contribution in [-0.2, 0) is 21.0 Å². The molecule has 1 aliphatic rings. The number of rotatable bonds is 7. The molecule has 1 unspecified atom stereocenters. The van der Waals surface area contributed by atoms with Crippen LogP contribution in [-0.4, -0.2) is 47.3 Å². The molecule has 0 fully saturated rings. The molecule has 2 aromatic heterocycles.